The van der Waals surface area contributed by atoms with E-state index in [0.717, 1.165) is 0 Å². The zero-order valence-corrected chi connectivity index (χ0v) is 16.5. The summed E-state index contributed by atoms with van der Waals surface area (Å²) >= 11 is 6.16. The highest BCUT2D eigenvalue weighted by Gasteiger charge is 2.58. The van der Waals surface area contributed by atoms with E-state index in [1.165, 1.54) is 4.90 Å². The van der Waals surface area contributed by atoms with Gasteiger partial charge in [0.2, 0.25) is 0 Å². The summed E-state index contributed by atoms with van der Waals surface area (Å²) in [7, 11) is 0. The molecule has 0 radical (unpaired) electrons. The maximum atomic E-state index is 12.3. The fourth-order valence-corrected chi connectivity index (χ4v) is 4.45. The molecule has 29 heavy (non-hydrogen) atoms. The van der Waals surface area contributed by atoms with Gasteiger partial charge in [0.25, 0.3) is 0 Å². The number of halogens is 1. The number of fused-ring (bicyclic) bond motifs is 1. The molecule has 1 heterocycles. The van der Waals surface area contributed by atoms with Crippen molar-refractivity contribution in [3.63, 3.8) is 0 Å². The van der Waals surface area contributed by atoms with Crippen LogP contribution < -0.4 is 0 Å². The molecule has 1 N–H and O–H groups in total. The van der Waals surface area contributed by atoms with Crippen molar-refractivity contribution in [3.05, 3.63) is 46.5 Å². The van der Waals surface area contributed by atoms with Crippen LogP contribution in [0.2, 0.25) is 5.02 Å². The highest BCUT2D eigenvalue weighted by atomic mass is 35.5. The van der Waals surface area contributed by atoms with Crippen molar-refractivity contribution >= 4 is 23.4 Å². The molecule has 2 aliphatic rings. The number of nitrogens with one attached hydrogen (secondary N) is 1. The summed E-state index contributed by atoms with van der Waals surface area (Å²) in [5.41, 5.74) is -0.806. The van der Waals surface area contributed by atoms with Gasteiger partial charge in [0.15, 0.2) is 5.41 Å². The highest BCUT2D eigenvalue weighted by molar-refractivity contribution is 6.30. The highest BCUT2D eigenvalue weighted by Crippen LogP contribution is 2.53. The third-order valence-corrected chi connectivity index (χ3v) is 5.76. The maximum Gasteiger partial charge on any atom is 0.410 e. The van der Waals surface area contributed by atoms with Crippen LogP contribution >= 0.6 is 11.6 Å². The fourth-order valence-electron chi connectivity index (χ4n) is 4.25. The predicted molar refractivity (Wildman–Crippen MR) is 105 cm³/mol. The van der Waals surface area contributed by atoms with E-state index in [4.69, 9.17) is 21.7 Å². The molecule has 1 aromatic carbocycles. The van der Waals surface area contributed by atoms with Gasteiger partial charge in [-0.05, 0) is 30.2 Å². The van der Waals surface area contributed by atoms with Gasteiger partial charge in [0.05, 0.1) is 30.5 Å². The first-order valence-corrected chi connectivity index (χ1v) is 9.49. The molecule has 1 aliphatic carbocycles. The van der Waals surface area contributed by atoms with Gasteiger partial charge < -0.3 is 15.0 Å². The smallest absolute Gasteiger partial charge is 0.410 e. The van der Waals surface area contributed by atoms with Crippen LogP contribution in [0.25, 0.3) is 0 Å². The van der Waals surface area contributed by atoms with E-state index in [9.17, 15) is 20.6 Å². The van der Waals surface area contributed by atoms with Crippen molar-refractivity contribution in [2.24, 2.45) is 17.3 Å². The first kappa shape index (κ1) is 20.4. The molecule has 8 heteroatoms. The molecule has 1 aliphatic heterocycles. The standard InChI is InChI=1S/C21H18ClN5O2/c1-2-29-20(28)27-7-6-15-16(9-23)19(26)21(11-24,12-25)18(17(15)10-27)13-4-3-5-14(22)8-13/h3-6,8,16-18,26H,2,7,10H2,1H3/t16?,17-,18-/m1/s1. The predicted octanol–water partition coefficient (Wildman–Crippen LogP) is 3.65. The molecule has 7 nitrogen and oxygen atoms in total. The minimum absolute atomic E-state index is 0.179. The van der Waals surface area contributed by atoms with E-state index >= 15 is 0 Å². The summed E-state index contributed by atoms with van der Waals surface area (Å²) in [6.07, 6.45) is 1.24. The van der Waals surface area contributed by atoms with Gasteiger partial charge >= 0.3 is 6.09 Å². The summed E-state index contributed by atoms with van der Waals surface area (Å²) in [6.45, 7) is 2.35. The number of carbonyl (C=O) groups excluding carboxylic acids is 1. The first-order chi connectivity index (χ1) is 13.9. The number of nitrogens with zero attached hydrogens (tertiary/aromatic N) is 4. The lowest BCUT2D eigenvalue weighted by Crippen LogP contribution is -2.53. The van der Waals surface area contributed by atoms with E-state index in [0.29, 0.717) is 16.2 Å². The molecular weight excluding hydrogens is 390 g/mol. The SMILES string of the molecule is CCOC(=O)N1CC=C2C(C#N)C(=N)C(C#N)(C#N)[C@H](c3cccc(Cl)c3)[C@@H]2C1. The van der Waals surface area contributed by atoms with Gasteiger partial charge in [0, 0.05) is 29.9 Å². The van der Waals surface area contributed by atoms with Crippen LogP contribution in [-0.4, -0.2) is 36.4 Å². The number of hydrogen-bond acceptors (Lipinski definition) is 6. The zero-order valence-electron chi connectivity index (χ0n) is 15.7. The van der Waals surface area contributed by atoms with E-state index in [2.05, 4.69) is 6.07 Å². The number of nitriles is 3. The monoisotopic (exact) mass is 407 g/mol. The molecular formula is C21H18ClN5O2. The van der Waals surface area contributed by atoms with Crippen LogP contribution in [0.4, 0.5) is 4.79 Å². The molecule has 1 unspecified atom stereocenters. The largest absolute Gasteiger partial charge is 0.450 e. The van der Waals surface area contributed by atoms with Crippen LogP contribution in [0.3, 0.4) is 0 Å². The first-order valence-electron chi connectivity index (χ1n) is 9.11. The van der Waals surface area contributed by atoms with Gasteiger partial charge in [-0.2, -0.15) is 15.8 Å². The molecule has 0 saturated heterocycles. The molecule has 0 aromatic heterocycles. The van der Waals surface area contributed by atoms with Gasteiger partial charge in [-0.1, -0.05) is 29.8 Å². The van der Waals surface area contributed by atoms with Gasteiger partial charge in [-0.3, -0.25) is 0 Å². The Morgan fingerprint density at radius 3 is 2.69 bits per heavy atom. The van der Waals surface area contributed by atoms with Gasteiger partial charge in [-0.15, -0.1) is 0 Å². The normalized spacial score (nSPS) is 24.9. The Bertz CT molecular complexity index is 999. The fraction of sp³-hybridized carbons (Fsp3) is 0.381. The second-order valence-corrected chi connectivity index (χ2v) is 7.39. The molecule has 0 spiro atoms. The summed E-state index contributed by atoms with van der Waals surface area (Å²) < 4.78 is 5.10. The molecule has 1 saturated carbocycles. The Hall–Kier alpha value is -3.34. The van der Waals surface area contributed by atoms with Crippen molar-refractivity contribution in [2.75, 3.05) is 19.7 Å². The van der Waals surface area contributed by atoms with Crippen LogP contribution in [0.5, 0.6) is 0 Å². The van der Waals surface area contributed by atoms with Crippen LogP contribution in [-0.2, 0) is 4.74 Å². The van der Waals surface area contributed by atoms with E-state index in [-0.39, 0.29) is 25.4 Å². The Morgan fingerprint density at radius 2 is 2.10 bits per heavy atom. The summed E-state index contributed by atoms with van der Waals surface area (Å²) in [5, 5.41) is 38.7. The lowest BCUT2D eigenvalue weighted by Gasteiger charge is -2.47. The van der Waals surface area contributed by atoms with Crippen LogP contribution in [0.15, 0.2) is 35.9 Å². The van der Waals surface area contributed by atoms with E-state index in [1.807, 2.05) is 12.1 Å². The quantitative estimate of drug-likeness (QED) is 0.749. The van der Waals surface area contributed by atoms with Crippen molar-refractivity contribution in [3.8, 4) is 18.2 Å². The number of hydrogen-bond donors (Lipinski definition) is 1. The molecule has 3 atom stereocenters. The maximum absolute atomic E-state index is 12.3. The zero-order chi connectivity index (χ0) is 21.2. The van der Waals surface area contributed by atoms with Gasteiger partial charge in [0.1, 0.15) is 5.92 Å². The summed E-state index contributed by atoms with van der Waals surface area (Å²) in [6, 6.07) is 12.9. The average Bonchev–Trinajstić information content (AvgIpc) is 2.73. The minimum atomic E-state index is -1.84. The molecule has 0 bridgehead atoms. The Balaban J connectivity index is 2.20. The molecule has 146 valence electrons. The van der Waals surface area contributed by atoms with Crippen LogP contribution in [0.1, 0.15) is 18.4 Å². The average molecular weight is 408 g/mol. The number of benzene rings is 1. The van der Waals surface area contributed by atoms with Crippen molar-refractivity contribution in [1.29, 1.82) is 21.2 Å². The number of rotatable bonds is 2. The lowest BCUT2D eigenvalue weighted by molar-refractivity contribution is 0.0992. The summed E-state index contributed by atoms with van der Waals surface area (Å²) in [4.78, 5) is 13.8. The van der Waals surface area contributed by atoms with Crippen LogP contribution in [0, 0.1) is 56.7 Å². The number of carbonyl (C=O) groups is 1. The minimum Gasteiger partial charge on any atom is -0.450 e. The third kappa shape index (κ3) is 3.23. The molecule has 1 amide bonds. The third-order valence-electron chi connectivity index (χ3n) is 5.52. The number of amides is 1. The van der Waals surface area contributed by atoms with Crippen molar-refractivity contribution < 1.29 is 9.53 Å². The lowest BCUT2D eigenvalue weighted by atomic mass is 9.54. The molecule has 3 rings (SSSR count). The second kappa shape index (κ2) is 7.95. The Kier molecular flexibility index (Phi) is 5.59. The molecule has 1 fully saturated rings. The van der Waals surface area contributed by atoms with E-state index < -0.39 is 29.3 Å². The number of ether oxygens (including phenoxy) is 1. The van der Waals surface area contributed by atoms with Crippen molar-refractivity contribution in [2.45, 2.75) is 12.8 Å². The van der Waals surface area contributed by atoms with Gasteiger partial charge in [-0.25, -0.2) is 4.79 Å². The topological polar surface area (TPSA) is 125 Å². The Morgan fingerprint density at radius 1 is 1.38 bits per heavy atom. The Labute approximate surface area is 173 Å². The van der Waals surface area contributed by atoms with Crippen molar-refractivity contribution in [1.82, 2.24) is 4.90 Å². The molecule has 1 aromatic rings. The van der Waals surface area contributed by atoms with E-state index in [1.54, 1.807) is 37.3 Å². The summed E-state index contributed by atoms with van der Waals surface area (Å²) in [5.74, 6) is -2.24. The second-order valence-electron chi connectivity index (χ2n) is 6.95.